The summed E-state index contributed by atoms with van der Waals surface area (Å²) in [6.45, 7) is 10.5. The lowest BCUT2D eigenvalue weighted by atomic mass is 9.71. The second kappa shape index (κ2) is 10.7. The predicted octanol–water partition coefficient (Wildman–Crippen LogP) is 4.53. The quantitative estimate of drug-likeness (QED) is 0.352. The van der Waals surface area contributed by atoms with Gasteiger partial charge in [0.2, 0.25) is 0 Å². The summed E-state index contributed by atoms with van der Waals surface area (Å²) in [6, 6.07) is 0. The molecule has 5 rings (SSSR count). The first-order valence-electron chi connectivity index (χ1n) is 14.3. The highest BCUT2D eigenvalue weighted by atomic mass is 16.7. The number of aliphatic hydroxyl groups excluding tert-OH is 1. The minimum atomic E-state index is -1.68. The zero-order valence-electron chi connectivity index (χ0n) is 23.4. The summed E-state index contributed by atoms with van der Waals surface area (Å²) in [5.41, 5.74) is 0.783. The van der Waals surface area contributed by atoms with Crippen molar-refractivity contribution in [2.75, 3.05) is 6.61 Å². The van der Waals surface area contributed by atoms with E-state index in [1.54, 1.807) is 13.0 Å². The molecule has 10 atom stereocenters. The molecule has 7 heteroatoms. The predicted molar refractivity (Wildman–Crippen MR) is 143 cm³/mol. The summed E-state index contributed by atoms with van der Waals surface area (Å²) in [5.74, 6) is -1.53. The van der Waals surface area contributed by atoms with E-state index in [2.05, 4.69) is 39.8 Å². The van der Waals surface area contributed by atoms with Gasteiger partial charge in [0.15, 0.2) is 5.79 Å². The maximum Gasteiger partial charge on any atom is 0.316 e. The van der Waals surface area contributed by atoms with Crippen LogP contribution in [0, 0.1) is 17.8 Å². The van der Waals surface area contributed by atoms with Gasteiger partial charge in [-0.2, -0.15) is 0 Å². The highest BCUT2D eigenvalue weighted by Crippen LogP contribution is 2.47. The number of aliphatic hydroxyl groups is 2. The van der Waals surface area contributed by atoms with Gasteiger partial charge in [-0.25, -0.2) is 0 Å². The highest BCUT2D eigenvalue weighted by Gasteiger charge is 2.60. The molecule has 1 aliphatic carbocycles. The smallest absolute Gasteiger partial charge is 0.316 e. The third-order valence-corrected chi connectivity index (χ3v) is 9.30. The van der Waals surface area contributed by atoms with Crippen LogP contribution in [-0.4, -0.2) is 64.7 Å². The van der Waals surface area contributed by atoms with Gasteiger partial charge < -0.3 is 29.2 Å². The topological polar surface area (TPSA) is 94.5 Å². The number of carbonyl (C=O) groups excluding carboxylic acids is 1. The Labute approximate surface area is 226 Å². The van der Waals surface area contributed by atoms with Crippen LogP contribution < -0.4 is 0 Å². The standard InChI is InChI=1S/C31H44O7/c1-18-7-6-8-23-17-35-28-27(32)21(4)14-26(31(23,28)34)29(33)36-25-15-24(10-9-19(2)13-18)38-30(16-25)12-11-20(3)22(5)37-30/h6-9,14,18,20,22,24-28,32,34H,10-13,15-17H2,1-5H3/b7-6-,19-9-,23-8-. The molecular weight excluding hydrogens is 484 g/mol. The zero-order chi connectivity index (χ0) is 27.2. The Balaban J connectivity index is 1.51. The molecule has 0 aromatic heterocycles. The molecule has 0 saturated carbocycles. The van der Waals surface area contributed by atoms with E-state index in [0.717, 1.165) is 25.7 Å². The Morgan fingerprint density at radius 2 is 1.89 bits per heavy atom. The third-order valence-electron chi connectivity index (χ3n) is 9.30. The highest BCUT2D eigenvalue weighted by molar-refractivity contribution is 5.78. The zero-order valence-corrected chi connectivity index (χ0v) is 23.4. The second-order valence-corrected chi connectivity index (χ2v) is 12.4. The fraction of sp³-hybridized carbons (Fsp3) is 0.710. The lowest BCUT2D eigenvalue weighted by molar-refractivity contribution is -0.332. The lowest BCUT2D eigenvalue weighted by Gasteiger charge is -2.49. The molecule has 4 heterocycles. The van der Waals surface area contributed by atoms with Crippen molar-refractivity contribution in [1.29, 1.82) is 0 Å². The molecule has 1 spiro atoms. The number of hydrogen-bond donors (Lipinski definition) is 2. The number of hydrogen-bond acceptors (Lipinski definition) is 7. The number of allylic oxidation sites excluding steroid dienone is 4. The molecule has 2 bridgehead atoms. The number of rotatable bonds is 0. The molecule has 2 N–H and O–H groups in total. The van der Waals surface area contributed by atoms with Gasteiger partial charge in [0, 0.05) is 19.3 Å². The first kappa shape index (κ1) is 27.8. The Bertz CT molecular complexity index is 1040. The lowest BCUT2D eigenvalue weighted by Crippen LogP contribution is -2.58. The molecule has 38 heavy (non-hydrogen) atoms. The molecule has 5 aliphatic rings. The third kappa shape index (κ3) is 5.20. The van der Waals surface area contributed by atoms with E-state index in [0.29, 0.717) is 35.8 Å². The Morgan fingerprint density at radius 3 is 2.66 bits per heavy atom. The van der Waals surface area contributed by atoms with E-state index in [9.17, 15) is 15.0 Å². The van der Waals surface area contributed by atoms with E-state index in [1.807, 2.05) is 12.2 Å². The molecular formula is C31H44O7. The van der Waals surface area contributed by atoms with Gasteiger partial charge >= 0.3 is 5.97 Å². The van der Waals surface area contributed by atoms with Crippen LogP contribution in [0.1, 0.15) is 73.1 Å². The van der Waals surface area contributed by atoms with Gasteiger partial charge in [-0.1, -0.05) is 49.8 Å². The molecule has 0 amide bonds. The Kier molecular flexibility index (Phi) is 7.79. The summed E-state index contributed by atoms with van der Waals surface area (Å²) in [5, 5.41) is 22.8. The van der Waals surface area contributed by atoms with Crippen molar-refractivity contribution in [2.24, 2.45) is 17.8 Å². The van der Waals surface area contributed by atoms with Crippen molar-refractivity contribution in [3.05, 3.63) is 47.1 Å². The van der Waals surface area contributed by atoms with Crippen molar-refractivity contribution in [1.82, 2.24) is 0 Å². The molecule has 210 valence electrons. The van der Waals surface area contributed by atoms with Gasteiger partial charge in [0.25, 0.3) is 0 Å². The van der Waals surface area contributed by atoms with Crippen molar-refractivity contribution >= 4 is 5.97 Å². The van der Waals surface area contributed by atoms with E-state index in [-0.39, 0.29) is 18.8 Å². The van der Waals surface area contributed by atoms with Gasteiger partial charge in [-0.3, -0.25) is 4.79 Å². The van der Waals surface area contributed by atoms with Crippen molar-refractivity contribution in [2.45, 2.75) is 115 Å². The van der Waals surface area contributed by atoms with Gasteiger partial charge in [-0.15, -0.1) is 0 Å². The van der Waals surface area contributed by atoms with Gasteiger partial charge in [-0.05, 0) is 63.0 Å². The normalized spacial score (nSPS) is 49.7. The van der Waals surface area contributed by atoms with Crippen LogP contribution in [0.4, 0.5) is 0 Å². The summed E-state index contributed by atoms with van der Waals surface area (Å²) < 4.78 is 25.2. The molecule has 7 nitrogen and oxygen atoms in total. The second-order valence-electron chi connectivity index (χ2n) is 12.4. The minimum Gasteiger partial charge on any atom is -0.462 e. The van der Waals surface area contributed by atoms with Crippen LogP contribution >= 0.6 is 0 Å². The van der Waals surface area contributed by atoms with Crippen LogP contribution in [0.2, 0.25) is 0 Å². The first-order valence-corrected chi connectivity index (χ1v) is 14.3. The maximum absolute atomic E-state index is 13.8. The summed E-state index contributed by atoms with van der Waals surface area (Å²) in [7, 11) is 0. The van der Waals surface area contributed by atoms with Crippen LogP contribution in [0.3, 0.4) is 0 Å². The van der Waals surface area contributed by atoms with Crippen LogP contribution in [-0.2, 0) is 23.7 Å². The van der Waals surface area contributed by atoms with E-state index >= 15 is 0 Å². The van der Waals surface area contributed by atoms with Gasteiger partial charge in [0.1, 0.15) is 29.8 Å². The number of fused-ring (bicyclic) bond motifs is 2. The minimum absolute atomic E-state index is 0.0526. The SMILES string of the molecule is CC1=CC2C(=O)OC3CC(C/C=C(/C)CC(C)/C=C\C=C4\COC(C1O)C42O)OC1(CCC(C)C(C)O1)C3. The number of esters is 1. The first-order chi connectivity index (χ1) is 18.0. The Hall–Kier alpha value is -1.77. The van der Waals surface area contributed by atoms with Gasteiger partial charge in [0.05, 0.1) is 18.8 Å². The number of ether oxygens (including phenoxy) is 4. The molecule has 10 unspecified atom stereocenters. The van der Waals surface area contributed by atoms with Crippen molar-refractivity contribution in [3.8, 4) is 0 Å². The molecule has 4 aliphatic heterocycles. The number of carbonyl (C=O) groups is 1. The summed E-state index contributed by atoms with van der Waals surface area (Å²) in [6.07, 6.45) is 11.8. The monoisotopic (exact) mass is 528 g/mol. The van der Waals surface area contributed by atoms with E-state index in [4.69, 9.17) is 18.9 Å². The average Bonchev–Trinajstić information content (AvgIpc) is 3.19. The average molecular weight is 529 g/mol. The molecule has 3 fully saturated rings. The maximum atomic E-state index is 13.8. The molecule has 3 saturated heterocycles. The van der Waals surface area contributed by atoms with Crippen molar-refractivity contribution in [3.63, 3.8) is 0 Å². The van der Waals surface area contributed by atoms with Crippen LogP contribution in [0.15, 0.2) is 47.1 Å². The van der Waals surface area contributed by atoms with E-state index in [1.165, 1.54) is 5.57 Å². The largest absolute Gasteiger partial charge is 0.462 e. The molecule has 0 aromatic carbocycles. The molecule has 0 radical (unpaired) electrons. The fourth-order valence-electron chi connectivity index (χ4n) is 6.85. The Morgan fingerprint density at radius 1 is 1.11 bits per heavy atom. The summed E-state index contributed by atoms with van der Waals surface area (Å²) >= 11 is 0. The van der Waals surface area contributed by atoms with Crippen LogP contribution in [0.25, 0.3) is 0 Å². The fourth-order valence-corrected chi connectivity index (χ4v) is 6.85. The molecule has 0 aromatic rings. The van der Waals surface area contributed by atoms with E-state index < -0.39 is 41.6 Å². The van der Waals surface area contributed by atoms with Crippen molar-refractivity contribution < 1.29 is 34.0 Å². The summed E-state index contributed by atoms with van der Waals surface area (Å²) in [4.78, 5) is 13.8. The van der Waals surface area contributed by atoms with Crippen LogP contribution in [0.5, 0.6) is 0 Å².